The maximum atomic E-state index is 5.75. The van der Waals surface area contributed by atoms with Crippen LogP contribution in [-0.2, 0) is 13.0 Å². The number of aryl methyl sites for hydroxylation is 1. The Hall–Kier alpha value is -1.28. The third kappa shape index (κ3) is 3.34. The number of ether oxygens (including phenoxy) is 1. The fourth-order valence-corrected chi connectivity index (χ4v) is 1.99. The van der Waals surface area contributed by atoms with Gasteiger partial charge < -0.3 is 4.74 Å². The van der Waals surface area contributed by atoms with Crippen molar-refractivity contribution in [3.63, 3.8) is 0 Å². The van der Waals surface area contributed by atoms with E-state index in [9.17, 15) is 0 Å². The monoisotopic (exact) mass is 290 g/mol. The average molecular weight is 291 g/mol. The highest BCUT2D eigenvalue weighted by molar-refractivity contribution is 9.10. The van der Waals surface area contributed by atoms with Gasteiger partial charge in [0.15, 0.2) is 0 Å². The molecular weight excluding hydrogens is 276 g/mol. The van der Waals surface area contributed by atoms with Crippen LogP contribution in [0.5, 0.6) is 5.75 Å². The van der Waals surface area contributed by atoms with E-state index in [1.807, 2.05) is 24.3 Å². The first-order chi connectivity index (χ1) is 8.29. The molecule has 0 aliphatic heterocycles. The minimum absolute atomic E-state index is 0.604. The fourth-order valence-electron chi connectivity index (χ4n) is 1.59. The summed E-state index contributed by atoms with van der Waals surface area (Å²) in [7, 11) is 0. The highest BCUT2D eigenvalue weighted by atomic mass is 79.9. The van der Waals surface area contributed by atoms with Gasteiger partial charge in [0.25, 0.3) is 0 Å². The van der Waals surface area contributed by atoms with E-state index in [2.05, 4.69) is 47.1 Å². The minimum Gasteiger partial charge on any atom is -0.488 e. The zero-order valence-electron chi connectivity index (χ0n) is 9.82. The highest BCUT2D eigenvalue weighted by Crippen LogP contribution is 2.24. The van der Waals surface area contributed by atoms with Gasteiger partial charge in [0.2, 0.25) is 0 Å². The van der Waals surface area contributed by atoms with Gasteiger partial charge in [0, 0.05) is 0 Å². The van der Waals surface area contributed by atoms with Crippen LogP contribution in [0.3, 0.4) is 0 Å². The van der Waals surface area contributed by atoms with E-state index in [0.717, 1.165) is 16.6 Å². The van der Waals surface area contributed by atoms with Crippen molar-refractivity contribution in [2.75, 3.05) is 0 Å². The molecule has 2 aromatic rings. The number of hydrogen-bond acceptors (Lipinski definition) is 1. The molecule has 0 aliphatic rings. The topological polar surface area (TPSA) is 9.23 Å². The molecule has 0 N–H and O–H groups in total. The van der Waals surface area contributed by atoms with Crippen LogP contribution < -0.4 is 4.74 Å². The summed E-state index contributed by atoms with van der Waals surface area (Å²) in [6, 6.07) is 16.4. The van der Waals surface area contributed by atoms with Gasteiger partial charge in [-0.15, -0.1) is 0 Å². The molecule has 1 nitrogen and oxygen atoms in total. The molecule has 0 atom stereocenters. The second-order valence-electron chi connectivity index (χ2n) is 3.89. The number of halogens is 1. The number of rotatable bonds is 4. The molecule has 2 heteroatoms. The third-order valence-corrected chi connectivity index (χ3v) is 3.32. The van der Waals surface area contributed by atoms with Crippen molar-refractivity contribution in [3.05, 3.63) is 64.1 Å². The van der Waals surface area contributed by atoms with Crippen molar-refractivity contribution in [1.82, 2.24) is 0 Å². The fraction of sp³-hybridized carbons (Fsp3) is 0.200. The Kier molecular flexibility index (Phi) is 4.21. The molecule has 0 aliphatic carbocycles. The third-order valence-electron chi connectivity index (χ3n) is 2.66. The Morgan fingerprint density at radius 2 is 1.59 bits per heavy atom. The molecule has 0 spiro atoms. The lowest BCUT2D eigenvalue weighted by Gasteiger charge is -2.08. The Labute approximate surface area is 111 Å². The summed E-state index contributed by atoms with van der Waals surface area (Å²) in [5.74, 6) is 0.882. The molecule has 0 saturated heterocycles. The van der Waals surface area contributed by atoms with E-state index in [4.69, 9.17) is 4.74 Å². The molecule has 0 amide bonds. The van der Waals surface area contributed by atoms with Crippen LogP contribution in [0.25, 0.3) is 0 Å². The van der Waals surface area contributed by atoms with Gasteiger partial charge in [-0.1, -0.05) is 43.3 Å². The minimum atomic E-state index is 0.604. The Morgan fingerprint density at radius 3 is 2.24 bits per heavy atom. The molecule has 2 rings (SSSR count). The summed E-state index contributed by atoms with van der Waals surface area (Å²) in [6.45, 7) is 2.76. The maximum absolute atomic E-state index is 5.75. The van der Waals surface area contributed by atoms with Crippen molar-refractivity contribution in [3.8, 4) is 5.75 Å². The highest BCUT2D eigenvalue weighted by Gasteiger charge is 2.00. The summed E-state index contributed by atoms with van der Waals surface area (Å²) >= 11 is 3.47. The Balaban J connectivity index is 2.00. The quantitative estimate of drug-likeness (QED) is 0.800. The Bertz CT molecular complexity index is 477. The maximum Gasteiger partial charge on any atom is 0.133 e. The zero-order chi connectivity index (χ0) is 12.1. The van der Waals surface area contributed by atoms with Gasteiger partial charge in [-0.25, -0.2) is 0 Å². The SMILES string of the molecule is CCc1ccc(COc2ccccc2Br)cc1. The molecule has 0 fully saturated rings. The first kappa shape index (κ1) is 12.2. The molecule has 0 heterocycles. The predicted octanol–water partition coefficient (Wildman–Crippen LogP) is 4.59. The van der Waals surface area contributed by atoms with Gasteiger partial charge in [-0.2, -0.15) is 0 Å². The first-order valence-corrected chi connectivity index (χ1v) is 6.54. The smallest absolute Gasteiger partial charge is 0.133 e. The van der Waals surface area contributed by atoms with Gasteiger partial charge in [0.1, 0.15) is 12.4 Å². The van der Waals surface area contributed by atoms with Gasteiger partial charge >= 0.3 is 0 Å². The summed E-state index contributed by atoms with van der Waals surface area (Å²) in [5, 5.41) is 0. The van der Waals surface area contributed by atoms with E-state index in [-0.39, 0.29) is 0 Å². The Morgan fingerprint density at radius 1 is 0.941 bits per heavy atom. The predicted molar refractivity (Wildman–Crippen MR) is 74.3 cm³/mol. The van der Waals surface area contributed by atoms with E-state index < -0.39 is 0 Å². The van der Waals surface area contributed by atoms with Crippen LogP contribution in [0.1, 0.15) is 18.1 Å². The number of hydrogen-bond donors (Lipinski definition) is 0. The average Bonchev–Trinajstić information content (AvgIpc) is 2.38. The van der Waals surface area contributed by atoms with Crippen LogP contribution in [0.15, 0.2) is 53.0 Å². The molecular formula is C15H15BrO. The molecule has 0 saturated carbocycles. The van der Waals surface area contributed by atoms with Crippen LogP contribution in [0, 0.1) is 0 Å². The molecule has 0 aromatic heterocycles. The number of para-hydroxylation sites is 1. The second-order valence-corrected chi connectivity index (χ2v) is 4.74. The summed E-state index contributed by atoms with van der Waals surface area (Å²) < 4.78 is 6.74. The summed E-state index contributed by atoms with van der Waals surface area (Å²) in [6.07, 6.45) is 1.07. The standard InChI is InChI=1S/C15H15BrO/c1-2-12-7-9-13(10-8-12)11-17-15-6-4-3-5-14(15)16/h3-10H,2,11H2,1H3. The van der Waals surface area contributed by atoms with E-state index in [0.29, 0.717) is 6.61 Å². The van der Waals surface area contributed by atoms with Gasteiger partial charge in [-0.3, -0.25) is 0 Å². The van der Waals surface area contributed by atoms with Crippen LogP contribution in [-0.4, -0.2) is 0 Å². The van der Waals surface area contributed by atoms with Crippen molar-refractivity contribution in [2.24, 2.45) is 0 Å². The normalized spacial score (nSPS) is 10.2. The number of benzene rings is 2. The molecule has 0 bridgehead atoms. The van der Waals surface area contributed by atoms with E-state index >= 15 is 0 Å². The summed E-state index contributed by atoms with van der Waals surface area (Å²) in [4.78, 5) is 0. The van der Waals surface area contributed by atoms with Crippen molar-refractivity contribution in [1.29, 1.82) is 0 Å². The van der Waals surface area contributed by atoms with Gasteiger partial charge in [-0.05, 0) is 45.6 Å². The lowest BCUT2D eigenvalue weighted by atomic mass is 10.1. The summed E-state index contributed by atoms with van der Waals surface area (Å²) in [5.41, 5.74) is 2.55. The van der Waals surface area contributed by atoms with Crippen molar-refractivity contribution in [2.45, 2.75) is 20.0 Å². The lowest BCUT2D eigenvalue weighted by Crippen LogP contribution is -1.96. The lowest BCUT2D eigenvalue weighted by molar-refractivity contribution is 0.304. The molecule has 17 heavy (non-hydrogen) atoms. The van der Waals surface area contributed by atoms with Crippen LogP contribution in [0.4, 0.5) is 0 Å². The van der Waals surface area contributed by atoms with Crippen LogP contribution in [0.2, 0.25) is 0 Å². The van der Waals surface area contributed by atoms with E-state index in [1.54, 1.807) is 0 Å². The van der Waals surface area contributed by atoms with E-state index in [1.165, 1.54) is 11.1 Å². The molecule has 2 aromatic carbocycles. The van der Waals surface area contributed by atoms with Crippen LogP contribution >= 0.6 is 15.9 Å². The zero-order valence-corrected chi connectivity index (χ0v) is 11.4. The van der Waals surface area contributed by atoms with Crippen molar-refractivity contribution < 1.29 is 4.74 Å². The second kappa shape index (κ2) is 5.87. The molecule has 88 valence electrons. The van der Waals surface area contributed by atoms with Gasteiger partial charge in [0.05, 0.1) is 4.47 Å². The first-order valence-electron chi connectivity index (χ1n) is 5.74. The molecule has 0 unspecified atom stereocenters. The molecule has 0 radical (unpaired) electrons. The largest absolute Gasteiger partial charge is 0.488 e. The van der Waals surface area contributed by atoms with Crippen molar-refractivity contribution >= 4 is 15.9 Å².